The van der Waals surface area contributed by atoms with Crippen molar-refractivity contribution in [3.05, 3.63) is 35.4 Å². The van der Waals surface area contributed by atoms with Gasteiger partial charge in [-0.2, -0.15) is 0 Å². The van der Waals surface area contributed by atoms with Gasteiger partial charge in [0, 0.05) is 26.1 Å². The van der Waals surface area contributed by atoms with Gasteiger partial charge in [0.05, 0.1) is 5.56 Å². The van der Waals surface area contributed by atoms with Crippen molar-refractivity contribution in [2.45, 2.75) is 12.8 Å². The summed E-state index contributed by atoms with van der Waals surface area (Å²) in [5, 5.41) is 2.58. The van der Waals surface area contributed by atoms with E-state index in [4.69, 9.17) is 0 Å². The topological polar surface area (TPSA) is 49.4 Å². The van der Waals surface area contributed by atoms with Crippen LogP contribution in [0.2, 0.25) is 0 Å². The maximum atomic E-state index is 13.6. The number of halogens is 2. The molecule has 1 aliphatic heterocycles. The number of amides is 2. The van der Waals surface area contributed by atoms with Crippen molar-refractivity contribution in [2.75, 3.05) is 20.1 Å². The summed E-state index contributed by atoms with van der Waals surface area (Å²) in [7, 11) is 1.57. The van der Waals surface area contributed by atoms with Gasteiger partial charge >= 0.3 is 0 Å². The number of carbonyl (C=O) groups excluding carboxylic acids is 2. The highest BCUT2D eigenvalue weighted by Crippen LogP contribution is 2.21. The predicted octanol–water partition coefficient (Wildman–Crippen LogP) is 1.56. The number of nitrogens with zero attached hydrogens (tertiary/aromatic N) is 1. The normalized spacial score (nSPS) is 16.1. The molecule has 1 N–H and O–H groups in total. The molecule has 2 amide bonds. The molecule has 1 aromatic carbocycles. The molecular weight excluding hydrogens is 266 g/mol. The molecule has 108 valence electrons. The molecule has 6 heteroatoms. The number of benzene rings is 1. The first kappa shape index (κ1) is 14.4. The third-order valence-corrected chi connectivity index (χ3v) is 3.58. The Kier molecular flexibility index (Phi) is 4.32. The van der Waals surface area contributed by atoms with Crippen molar-refractivity contribution in [2.24, 2.45) is 5.92 Å². The Hall–Kier alpha value is -1.98. The number of nitrogens with one attached hydrogen (secondary N) is 1. The Morgan fingerprint density at radius 1 is 1.25 bits per heavy atom. The van der Waals surface area contributed by atoms with Gasteiger partial charge in [-0.3, -0.25) is 9.59 Å². The minimum Gasteiger partial charge on any atom is -0.359 e. The average molecular weight is 282 g/mol. The van der Waals surface area contributed by atoms with Crippen LogP contribution in [-0.2, 0) is 4.79 Å². The molecule has 0 spiro atoms. The van der Waals surface area contributed by atoms with Crippen molar-refractivity contribution >= 4 is 11.8 Å². The largest absolute Gasteiger partial charge is 0.359 e. The van der Waals surface area contributed by atoms with E-state index in [0.29, 0.717) is 25.9 Å². The SMILES string of the molecule is CNC(=O)C1CCN(C(=O)c2cccc(F)c2F)CC1. The number of carbonyl (C=O) groups is 2. The molecule has 1 aromatic rings. The van der Waals surface area contributed by atoms with E-state index in [1.165, 1.54) is 17.0 Å². The third kappa shape index (κ3) is 2.79. The first-order valence-corrected chi connectivity index (χ1v) is 6.49. The fourth-order valence-electron chi connectivity index (χ4n) is 2.39. The molecule has 0 aromatic heterocycles. The van der Waals surface area contributed by atoms with Gasteiger partial charge in [-0.15, -0.1) is 0 Å². The standard InChI is InChI=1S/C14H16F2N2O2/c1-17-13(19)9-5-7-18(8-6-9)14(20)10-3-2-4-11(15)12(10)16/h2-4,9H,5-8H2,1H3,(H,17,19). The van der Waals surface area contributed by atoms with E-state index in [9.17, 15) is 18.4 Å². The fraction of sp³-hybridized carbons (Fsp3) is 0.429. The molecular formula is C14H16F2N2O2. The minimum atomic E-state index is -1.12. The van der Waals surface area contributed by atoms with E-state index < -0.39 is 17.5 Å². The zero-order valence-electron chi connectivity index (χ0n) is 11.2. The van der Waals surface area contributed by atoms with Crippen LogP contribution >= 0.6 is 0 Å². The van der Waals surface area contributed by atoms with Gasteiger partial charge in [-0.25, -0.2) is 8.78 Å². The fourth-order valence-corrected chi connectivity index (χ4v) is 2.39. The first-order valence-electron chi connectivity index (χ1n) is 6.49. The number of likely N-dealkylation sites (tertiary alicyclic amines) is 1. The molecule has 1 fully saturated rings. The van der Waals surface area contributed by atoms with Crippen molar-refractivity contribution in [3.8, 4) is 0 Å². The van der Waals surface area contributed by atoms with E-state index >= 15 is 0 Å². The van der Waals surface area contributed by atoms with Crippen LogP contribution in [0.25, 0.3) is 0 Å². The first-order chi connectivity index (χ1) is 9.54. The van der Waals surface area contributed by atoms with Gasteiger partial charge in [0.2, 0.25) is 5.91 Å². The summed E-state index contributed by atoms with van der Waals surface area (Å²) < 4.78 is 26.7. The van der Waals surface area contributed by atoms with E-state index in [0.717, 1.165) is 6.07 Å². The molecule has 0 radical (unpaired) electrons. The second-order valence-electron chi connectivity index (χ2n) is 4.78. The molecule has 4 nitrogen and oxygen atoms in total. The van der Waals surface area contributed by atoms with Crippen molar-refractivity contribution in [3.63, 3.8) is 0 Å². The van der Waals surface area contributed by atoms with Crippen LogP contribution in [0.15, 0.2) is 18.2 Å². The Balaban J connectivity index is 2.05. The number of rotatable bonds is 2. The number of hydrogen-bond donors (Lipinski definition) is 1. The monoisotopic (exact) mass is 282 g/mol. The number of hydrogen-bond acceptors (Lipinski definition) is 2. The molecule has 0 aliphatic carbocycles. The van der Waals surface area contributed by atoms with Gasteiger partial charge < -0.3 is 10.2 Å². The van der Waals surface area contributed by atoms with Gasteiger partial charge in [0.1, 0.15) is 0 Å². The van der Waals surface area contributed by atoms with Crippen LogP contribution in [0.5, 0.6) is 0 Å². The maximum absolute atomic E-state index is 13.6. The highest BCUT2D eigenvalue weighted by Gasteiger charge is 2.28. The zero-order valence-corrected chi connectivity index (χ0v) is 11.2. The smallest absolute Gasteiger partial charge is 0.256 e. The molecule has 0 unspecified atom stereocenters. The highest BCUT2D eigenvalue weighted by molar-refractivity contribution is 5.94. The summed E-state index contributed by atoms with van der Waals surface area (Å²) in [6.45, 7) is 0.736. The predicted molar refractivity (Wildman–Crippen MR) is 69.1 cm³/mol. The van der Waals surface area contributed by atoms with Gasteiger partial charge in [-0.05, 0) is 25.0 Å². The number of piperidine rings is 1. The van der Waals surface area contributed by atoms with Crippen LogP contribution in [0.3, 0.4) is 0 Å². The van der Waals surface area contributed by atoms with Crippen LogP contribution in [-0.4, -0.2) is 36.9 Å². The summed E-state index contributed by atoms with van der Waals surface area (Å²) in [6.07, 6.45) is 1.06. The zero-order chi connectivity index (χ0) is 14.7. The van der Waals surface area contributed by atoms with E-state index in [1.54, 1.807) is 7.05 Å². The van der Waals surface area contributed by atoms with Crippen LogP contribution in [0, 0.1) is 17.6 Å². The summed E-state index contributed by atoms with van der Waals surface area (Å²) in [4.78, 5) is 25.1. The van der Waals surface area contributed by atoms with E-state index in [2.05, 4.69) is 5.32 Å². The molecule has 1 aliphatic rings. The quantitative estimate of drug-likeness (QED) is 0.895. The maximum Gasteiger partial charge on any atom is 0.256 e. The lowest BCUT2D eigenvalue weighted by molar-refractivity contribution is -0.125. The Morgan fingerprint density at radius 2 is 1.90 bits per heavy atom. The van der Waals surface area contributed by atoms with Crippen molar-refractivity contribution in [1.82, 2.24) is 10.2 Å². The van der Waals surface area contributed by atoms with Crippen LogP contribution < -0.4 is 5.32 Å². The summed E-state index contributed by atoms with van der Waals surface area (Å²) >= 11 is 0. The Bertz CT molecular complexity index is 526. The molecule has 0 atom stereocenters. The minimum absolute atomic E-state index is 0.0472. The van der Waals surface area contributed by atoms with Crippen LogP contribution in [0.1, 0.15) is 23.2 Å². The van der Waals surface area contributed by atoms with E-state index in [-0.39, 0.29) is 17.4 Å². The molecule has 0 bridgehead atoms. The molecule has 1 heterocycles. The Morgan fingerprint density at radius 3 is 2.50 bits per heavy atom. The molecule has 0 saturated carbocycles. The van der Waals surface area contributed by atoms with Gasteiger partial charge in [0.15, 0.2) is 11.6 Å². The molecule has 1 saturated heterocycles. The average Bonchev–Trinajstić information content (AvgIpc) is 2.48. The van der Waals surface area contributed by atoms with Crippen molar-refractivity contribution < 1.29 is 18.4 Å². The van der Waals surface area contributed by atoms with E-state index in [1.807, 2.05) is 0 Å². The second kappa shape index (κ2) is 5.98. The third-order valence-electron chi connectivity index (χ3n) is 3.58. The molecule has 20 heavy (non-hydrogen) atoms. The van der Waals surface area contributed by atoms with Gasteiger partial charge in [0.25, 0.3) is 5.91 Å². The summed E-state index contributed by atoms with van der Waals surface area (Å²) in [5.41, 5.74) is -0.261. The highest BCUT2D eigenvalue weighted by atomic mass is 19.2. The second-order valence-corrected chi connectivity index (χ2v) is 4.78. The van der Waals surface area contributed by atoms with Gasteiger partial charge in [-0.1, -0.05) is 6.07 Å². The summed E-state index contributed by atoms with van der Waals surface area (Å²) in [5.74, 6) is -2.85. The summed E-state index contributed by atoms with van der Waals surface area (Å²) in [6, 6.07) is 3.55. The lowest BCUT2D eigenvalue weighted by Crippen LogP contribution is -2.42. The lowest BCUT2D eigenvalue weighted by Gasteiger charge is -2.31. The lowest BCUT2D eigenvalue weighted by atomic mass is 9.95. The molecule has 2 rings (SSSR count). The van der Waals surface area contributed by atoms with Crippen LogP contribution in [0.4, 0.5) is 8.78 Å². The Labute approximate surface area is 115 Å². The van der Waals surface area contributed by atoms with Crippen molar-refractivity contribution in [1.29, 1.82) is 0 Å².